The SMILES string of the molecule is C/C=C(/COC(=O)CC)c1ccccc1.C=C(c1ccccc1)[C@@H](C)C(C)C. The van der Waals surface area contributed by atoms with Crippen molar-refractivity contribution in [3.63, 3.8) is 0 Å². The first kappa shape index (κ1) is 23.4. The van der Waals surface area contributed by atoms with Crippen molar-refractivity contribution in [2.45, 2.75) is 41.0 Å². The molecule has 2 heteroatoms. The van der Waals surface area contributed by atoms with E-state index in [0.717, 1.165) is 11.1 Å². The summed E-state index contributed by atoms with van der Waals surface area (Å²) in [5.74, 6) is 1.06. The van der Waals surface area contributed by atoms with Crippen LogP contribution in [0, 0.1) is 11.8 Å². The predicted molar refractivity (Wildman–Crippen MR) is 121 cm³/mol. The molecule has 2 aromatic rings. The van der Waals surface area contributed by atoms with Crippen LogP contribution in [0.5, 0.6) is 0 Å². The van der Waals surface area contributed by atoms with E-state index in [-0.39, 0.29) is 5.97 Å². The molecule has 0 aromatic heterocycles. The summed E-state index contributed by atoms with van der Waals surface area (Å²) in [6.45, 7) is 14.9. The van der Waals surface area contributed by atoms with Gasteiger partial charge >= 0.3 is 5.97 Å². The van der Waals surface area contributed by atoms with Crippen LogP contribution in [0.2, 0.25) is 0 Å². The summed E-state index contributed by atoms with van der Waals surface area (Å²) in [6.07, 6.45) is 2.39. The third kappa shape index (κ3) is 7.96. The number of allylic oxidation sites excluding steroid dienone is 2. The normalized spacial score (nSPS) is 12.0. The van der Waals surface area contributed by atoms with Gasteiger partial charge in [-0.25, -0.2) is 0 Å². The summed E-state index contributed by atoms with van der Waals surface area (Å²) in [6, 6.07) is 20.3. The van der Waals surface area contributed by atoms with E-state index in [1.54, 1.807) is 6.92 Å². The van der Waals surface area contributed by atoms with Gasteiger partial charge in [-0.05, 0) is 41.0 Å². The number of ether oxygens (including phenoxy) is 1. The molecule has 1 atom stereocenters. The molecule has 0 heterocycles. The van der Waals surface area contributed by atoms with Crippen molar-refractivity contribution in [2.75, 3.05) is 6.61 Å². The van der Waals surface area contributed by atoms with Crippen molar-refractivity contribution in [3.05, 3.63) is 84.4 Å². The van der Waals surface area contributed by atoms with Crippen LogP contribution in [0.15, 0.2) is 73.3 Å². The van der Waals surface area contributed by atoms with Gasteiger partial charge in [0.2, 0.25) is 0 Å². The van der Waals surface area contributed by atoms with E-state index < -0.39 is 0 Å². The van der Waals surface area contributed by atoms with E-state index in [0.29, 0.717) is 24.9 Å². The second-order valence-electron chi connectivity index (χ2n) is 7.12. The summed E-state index contributed by atoms with van der Waals surface area (Å²) in [4.78, 5) is 11.0. The summed E-state index contributed by atoms with van der Waals surface area (Å²) in [5.41, 5.74) is 4.65. The van der Waals surface area contributed by atoms with E-state index in [1.807, 2.05) is 49.4 Å². The number of hydrogen-bond donors (Lipinski definition) is 0. The lowest BCUT2D eigenvalue weighted by atomic mass is 9.87. The molecule has 2 nitrogen and oxygen atoms in total. The van der Waals surface area contributed by atoms with Gasteiger partial charge in [0, 0.05) is 6.42 Å². The van der Waals surface area contributed by atoms with Crippen LogP contribution in [0.25, 0.3) is 11.1 Å². The van der Waals surface area contributed by atoms with Crippen LogP contribution in [0.3, 0.4) is 0 Å². The van der Waals surface area contributed by atoms with Crippen molar-refractivity contribution in [2.24, 2.45) is 11.8 Å². The molecule has 0 fully saturated rings. The summed E-state index contributed by atoms with van der Waals surface area (Å²) in [5, 5.41) is 0. The number of carbonyl (C=O) groups is 1. The van der Waals surface area contributed by atoms with Crippen LogP contribution in [-0.4, -0.2) is 12.6 Å². The molecular weight excluding hydrogens is 344 g/mol. The Hall–Kier alpha value is -2.61. The average molecular weight is 379 g/mol. The van der Waals surface area contributed by atoms with E-state index in [2.05, 4.69) is 51.6 Å². The fraction of sp³-hybridized carbons (Fsp3) is 0.346. The van der Waals surface area contributed by atoms with Crippen LogP contribution in [0.1, 0.15) is 52.2 Å². The molecule has 0 amide bonds. The molecule has 150 valence electrons. The maximum Gasteiger partial charge on any atom is 0.305 e. The Bertz CT molecular complexity index is 743. The first-order valence-electron chi connectivity index (χ1n) is 10.0. The van der Waals surface area contributed by atoms with Crippen LogP contribution >= 0.6 is 0 Å². The Labute approximate surface area is 170 Å². The molecule has 0 unspecified atom stereocenters. The highest BCUT2D eigenvalue weighted by Crippen LogP contribution is 2.26. The third-order valence-electron chi connectivity index (χ3n) is 4.86. The van der Waals surface area contributed by atoms with Gasteiger partial charge < -0.3 is 4.74 Å². The highest BCUT2D eigenvalue weighted by atomic mass is 16.5. The minimum absolute atomic E-state index is 0.162. The van der Waals surface area contributed by atoms with Crippen LogP contribution in [-0.2, 0) is 9.53 Å². The molecule has 0 spiro atoms. The monoisotopic (exact) mass is 378 g/mol. The Morgan fingerprint density at radius 3 is 1.89 bits per heavy atom. The van der Waals surface area contributed by atoms with Gasteiger partial charge in [0.25, 0.3) is 0 Å². The number of hydrogen-bond acceptors (Lipinski definition) is 2. The zero-order chi connectivity index (χ0) is 20.9. The average Bonchev–Trinajstić information content (AvgIpc) is 2.74. The van der Waals surface area contributed by atoms with Gasteiger partial charge in [0.05, 0.1) is 0 Å². The van der Waals surface area contributed by atoms with E-state index >= 15 is 0 Å². The van der Waals surface area contributed by atoms with E-state index in [9.17, 15) is 4.79 Å². The van der Waals surface area contributed by atoms with Gasteiger partial charge in [-0.2, -0.15) is 0 Å². The topological polar surface area (TPSA) is 26.3 Å². The fourth-order valence-corrected chi connectivity index (χ4v) is 2.56. The Kier molecular flexibility index (Phi) is 10.6. The minimum atomic E-state index is -0.162. The molecule has 0 bridgehead atoms. The lowest BCUT2D eigenvalue weighted by Crippen LogP contribution is -2.05. The fourth-order valence-electron chi connectivity index (χ4n) is 2.56. The number of benzene rings is 2. The molecule has 2 aromatic carbocycles. The first-order valence-corrected chi connectivity index (χ1v) is 10.0. The standard InChI is InChI=1S/C13H16O2.C13H18/c1-3-11(10-15-13(14)4-2)12-8-6-5-7-9-12;1-10(2)11(3)12(4)13-8-6-5-7-9-13/h3,5-9H,4,10H2,1-2H3;5-11H,4H2,1-3H3/b11-3-;/t;11-/m.0/s1. The molecule has 0 aliphatic carbocycles. The molecule has 0 aliphatic heterocycles. The summed E-state index contributed by atoms with van der Waals surface area (Å²) >= 11 is 0. The molecule has 0 saturated carbocycles. The van der Waals surface area contributed by atoms with Crippen molar-refractivity contribution < 1.29 is 9.53 Å². The number of carbonyl (C=O) groups excluding carboxylic acids is 1. The Balaban J connectivity index is 0.000000283. The second kappa shape index (κ2) is 12.7. The molecule has 2 rings (SSSR count). The van der Waals surface area contributed by atoms with Crippen LogP contribution in [0.4, 0.5) is 0 Å². The lowest BCUT2D eigenvalue weighted by molar-refractivity contribution is -0.141. The molecular formula is C26H34O2. The quantitative estimate of drug-likeness (QED) is 0.483. The number of rotatable bonds is 7. The third-order valence-corrected chi connectivity index (χ3v) is 4.86. The molecule has 0 saturated heterocycles. The summed E-state index contributed by atoms with van der Waals surface area (Å²) < 4.78 is 5.09. The largest absolute Gasteiger partial charge is 0.461 e. The maximum absolute atomic E-state index is 11.0. The maximum atomic E-state index is 11.0. The van der Waals surface area contributed by atoms with Crippen molar-refractivity contribution in [3.8, 4) is 0 Å². The van der Waals surface area contributed by atoms with Gasteiger partial charge in [0.15, 0.2) is 0 Å². The highest BCUT2D eigenvalue weighted by Gasteiger charge is 2.11. The lowest BCUT2D eigenvalue weighted by Gasteiger charge is -2.18. The van der Waals surface area contributed by atoms with E-state index in [1.165, 1.54) is 11.1 Å². The highest BCUT2D eigenvalue weighted by molar-refractivity contribution is 5.72. The zero-order valence-electron chi connectivity index (χ0n) is 17.9. The minimum Gasteiger partial charge on any atom is -0.461 e. The Morgan fingerprint density at radius 1 is 0.964 bits per heavy atom. The van der Waals surface area contributed by atoms with Gasteiger partial charge in [-0.1, -0.05) is 101 Å². The first-order chi connectivity index (χ1) is 13.4. The second-order valence-corrected chi connectivity index (χ2v) is 7.12. The van der Waals surface area contributed by atoms with Gasteiger partial charge in [0.1, 0.15) is 6.61 Å². The van der Waals surface area contributed by atoms with Crippen molar-refractivity contribution in [1.82, 2.24) is 0 Å². The summed E-state index contributed by atoms with van der Waals surface area (Å²) in [7, 11) is 0. The smallest absolute Gasteiger partial charge is 0.305 e. The Morgan fingerprint density at radius 2 is 1.46 bits per heavy atom. The predicted octanol–water partition coefficient (Wildman–Crippen LogP) is 7.04. The molecule has 0 N–H and O–H groups in total. The van der Waals surface area contributed by atoms with Crippen molar-refractivity contribution >= 4 is 17.1 Å². The molecule has 0 aliphatic rings. The number of esters is 1. The van der Waals surface area contributed by atoms with E-state index in [4.69, 9.17) is 4.74 Å². The molecule has 28 heavy (non-hydrogen) atoms. The van der Waals surface area contributed by atoms with Gasteiger partial charge in [-0.15, -0.1) is 0 Å². The van der Waals surface area contributed by atoms with Crippen molar-refractivity contribution in [1.29, 1.82) is 0 Å². The van der Waals surface area contributed by atoms with Gasteiger partial charge in [-0.3, -0.25) is 4.79 Å². The zero-order valence-corrected chi connectivity index (χ0v) is 17.9. The molecule has 0 radical (unpaired) electrons. The van der Waals surface area contributed by atoms with Crippen LogP contribution < -0.4 is 0 Å².